The van der Waals surface area contributed by atoms with Crippen molar-refractivity contribution in [2.24, 2.45) is 0 Å². The summed E-state index contributed by atoms with van der Waals surface area (Å²) in [6.45, 7) is 2.01. The Bertz CT molecular complexity index is 1290. The Hall–Kier alpha value is -2.93. The number of aryl methyl sites for hydroxylation is 1. The van der Waals surface area contributed by atoms with Gasteiger partial charge >= 0.3 is 0 Å². The highest BCUT2D eigenvalue weighted by atomic mass is 35.5. The first-order valence-electron chi connectivity index (χ1n) is 8.95. The Balaban J connectivity index is 1.50. The van der Waals surface area contributed by atoms with Gasteiger partial charge in [-0.05, 0) is 61.6 Å². The Kier molecular flexibility index (Phi) is 5.72. The molecule has 0 aliphatic rings. The van der Waals surface area contributed by atoms with E-state index in [0.29, 0.717) is 27.7 Å². The second-order valence-electron chi connectivity index (χ2n) is 6.58. The maximum absolute atomic E-state index is 12.4. The number of thiocarbonyl (C=S) groups is 1. The Morgan fingerprint density at radius 3 is 2.67 bits per heavy atom. The van der Waals surface area contributed by atoms with Gasteiger partial charge in [0.2, 0.25) is 5.89 Å². The quantitative estimate of drug-likeness (QED) is 0.358. The maximum Gasteiger partial charge on any atom is 0.258 e. The molecule has 0 saturated heterocycles. The first-order chi connectivity index (χ1) is 14.4. The van der Waals surface area contributed by atoms with Gasteiger partial charge in [-0.2, -0.15) is 0 Å². The molecule has 8 heteroatoms. The van der Waals surface area contributed by atoms with E-state index >= 15 is 0 Å². The third-order valence-electron chi connectivity index (χ3n) is 4.33. The fourth-order valence-electron chi connectivity index (χ4n) is 2.92. The molecule has 5 nitrogen and oxygen atoms in total. The van der Waals surface area contributed by atoms with Crippen LogP contribution in [0.5, 0.6) is 0 Å². The molecule has 0 fully saturated rings. The lowest BCUT2D eigenvalue weighted by Crippen LogP contribution is -2.34. The van der Waals surface area contributed by atoms with Gasteiger partial charge in [0.05, 0.1) is 15.6 Å². The van der Waals surface area contributed by atoms with Crippen molar-refractivity contribution in [2.75, 3.05) is 5.32 Å². The normalized spacial score (nSPS) is 10.8. The molecule has 0 spiro atoms. The van der Waals surface area contributed by atoms with E-state index in [2.05, 4.69) is 15.6 Å². The van der Waals surface area contributed by atoms with Gasteiger partial charge in [0.15, 0.2) is 10.7 Å². The van der Waals surface area contributed by atoms with Gasteiger partial charge < -0.3 is 9.73 Å². The van der Waals surface area contributed by atoms with Gasteiger partial charge in [-0.1, -0.05) is 47.0 Å². The number of fused-ring (bicyclic) bond motifs is 1. The molecule has 4 rings (SSSR count). The van der Waals surface area contributed by atoms with Crippen molar-refractivity contribution in [3.8, 4) is 11.5 Å². The van der Waals surface area contributed by atoms with Crippen LogP contribution in [0.15, 0.2) is 65.1 Å². The van der Waals surface area contributed by atoms with Crippen molar-refractivity contribution in [3.05, 3.63) is 81.8 Å². The number of hydrogen-bond donors (Lipinski definition) is 2. The van der Waals surface area contributed by atoms with Gasteiger partial charge in [-0.25, -0.2) is 4.98 Å². The highest BCUT2D eigenvalue weighted by Crippen LogP contribution is 2.27. The van der Waals surface area contributed by atoms with Crippen molar-refractivity contribution in [2.45, 2.75) is 6.92 Å². The predicted octanol–water partition coefficient (Wildman–Crippen LogP) is 6.24. The lowest BCUT2D eigenvalue weighted by molar-refractivity contribution is 0.0978. The zero-order chi connectivity index (χ0) is 21.3. The van der Waals surface area contributed by atoms with E-state index in [0.717, 1.165) is 11.1 Å². The molecule has 0 radical (unpaired) electrons. The Labute approximate surface area is 188 Å². The van der Waals surface area contributed by atoms with Crippen molar-refractivity contribution >= 4 is 63.2 Å². The molecule has 150 valence electrons. The second kappa shape index (κ2) is 8.44. The van der Waals surface area contributed by atoms with Crippen molar-refractivity contribution in [1.29, 1.82) is 0 Å². The predicted molar refractivity (Wildman–Crippen MR) is 124 cm³/mol. The smallest absolute Gasteiger partial charge is 0.258 e. The lowest BCUT2D eigenvalue weighted by atomic mass is 10.1. The number of halogens is 2. The van der Waals surface area contributed by atoms with E-state index in [1.54, 1.807) is 36.4 Å². The van der Waals surface area contributed by atoms with E-state index in [-0.39, 0.29) is 15.7 Å². The van der Waals surface area contributed by atoms with Gasteiger partial charge in [-0.3, -0.25) is 10.1 Å². The topological polar surface area (TPSA) is 67.2 Å². The summed E-state index contributed by atoms with van der Waals surface area (Å²) in [5, 5.41) is 6.15. The third kappa shape index (κ3) is 4.31. The number of nitrogens with zero attached hydrogens (tertiary/aromatic N) is 1. The summed E-state index contributed by atoms with van der Waals surface area (Å²) in [5.41, 5.74) is 4.25. The number of aromatic nitrogens is 1. The maximum atomic E-state index is 12.4. The molecule has 0 atom stereocenters. The molecule has 0 saturated carbocycles. The summed E-state index contributed by atoms with van der Waals surface area (Å²) in [6, 6.07) is 18.1. The SMILES string of the molecule is Cc1cccc(-c2nc3cc(NC(=S)NC(=O)c4cccc(Cl)c4Cl)ccc3o2)c1. The minimum absolute atomic E-state index is 0.123. The molecule has 0 aliphatic carbocycles. The monoisotopic (exact) mass is 455 g/mol. The number of hydrogen-bond acceptors (Lipinski definition) is 4. The molecule has 0 aliphatic heterocycles. The summed E-state index contributed by atoms with van der Waals surface area (Å²) in [4.78, 5) is 17.0. The second-order valence-corrected chi connectivity index (χ2v) is 7.77. The van der Waals surface area contributed by atoms with E-state index in [1.807, 2.05) is 31.2 Å². The molecule has 1 amide bonds. The molecule has 0 unspecified atom stereocenters. The molecule has 3 aromatic carbocycles. The van der Waals surface area contributed by atoms with E-state index in [9.17, 15) is 4.79 Å². The van der Waals surface area contributed by atoms with Crippen molar-refractivity contribution < 1.29 is 9.21 Å². The molecule has 0 bridgehead atoms. The Morgan fingerprint density at radius 1 is 1.07 bits per heavy atom. The molecule has 2 N–H and O–H groups in total. The first kappa shape index (κ1) is 20.3. The van der Waals surface area contributed by atoms with Crippen LogP contribution in [-0.4, -0.2) is 16.0 Å². The zero-order valence-electron chi connectivity index (χ0n) is 15.7. The van der Waals surface area contributed by atoms with Gasteiger partial charge in [-0.15, -0.1) is 0 Å². The molecule has 1 aromatic heterocycles. The van der Waals surface area contributed by atoms with Gasteiger partial charge in [0, 0.05) is 11.3 Å². The lowest BCUT2D eigenvalue weighted by Gasteiger charge is -2.10. The zero-order valence-corrected chi connectivity index (χ0v) is 18.0. The number of carbonyl (C=O) groups is 1. The van der Waals surface area contributed by atoms with Crippen LogP contribution in [-0.2, 0) is 0 Å². The number of carbonyl (C=O) groups excluding carboxylic acids is 1. The summed E-state index contributed by atoms with van der Waals surface area (Å²) >= 11 is 17.3. The third-order valence-corrected chi connectivity index (χ3v) is 5.36. The van der Waals surface area contributed by atoms with E-state index in [4.69, 9.17) is 39.8 Å². The van der Waals surface area contributed by atoms with Gasteiger partial charge in [0.1, 0.15) is 5.52 Å². The van der Waals surface area contributed by atoms with Crippen LogP contribution in [0.3, 0.4) is 0 Å². The number of rotatable bonds is 3. The first-order valence-corrected chi connectivity index (χ1v) is 10.1. The van der Waals surface area contributed by atoms with Crippen LogP contribution in [0.2, 0.25) is 10.0 Å². The highest BCUT2D eigenvalue weighted by Gasteiger charge is 2.14. The molecule has 4 aromatic rings. The van der Waals surface area contributed by atoms with Crippen LogP contribution < -0.4 is 10.6 Å². The summed E-state index contributed by atoms with van der Waals surface area (Å²) in [6.07, 6.45) is 0. The van der Waals surface area contributed by atoms with Crippen molar-refractivity contribution in [3.63, 3.8) is 0 Å². The molecule has 30 heavy (non-hydrogen) atoms. The number of nitrogens with one attached hydrogen (secondary N) is 2. The largest absolute Gasteiger partial charge is 0.436 e. The number of anilines is 1. The standard InChI is InChI=1S/C22H15Cl2N3O2S/c1-12-4-2-5-13(10-12)21-26-17-11-14(8-9-18(17)29-21)25-22(30)27-20(28)15-6-3-7-16(23)19(15)24/h2-11H,1H3,(H2,25,27,28,30). The average Bonchev–Trinajstić information content (AvgIpc) is 3.13. The van der Waals surface area contributed by atoms with E-state index < -0.39 is 5.91 Å². The van der Waals surface area contributed by atoms with Gasteiger partial charge in [0.25, 0.3) is 5.91 Å². The highest BCUT2D eigenvalue weighted by molar-refractivity contribution is 7.80. The molecular weight excluding hydrogens is 441 g/mol. The molecular formula is C22H15Cl2N3O2S. The summed E-state index contributed by atoms with van der Waals surface area (Å²) < 4.78 is 5.85. The van der Waals surface area contributed by atoms with Crippen LogP contribution in [0, 0.1) is 6.92 Å². The summed E-state index contributed by atoms with van der Waals surface area (Å²) in [7, 11) is 0. The fraction of sp³-hybridized carbons (Fsp3) is 0.0455. The average molecular weight is 456 g/mol. The molecule has 1 heterocycles. The van der Waals surface area contributed by atoms with Crippen LogP contribution in [0.25, 0.3) is 22.6 Å². The van der Waals surface area contributed by atoms with Crippen molar-refractivity contribution in [1.82, 2.24) is 10.3 Å². The number of oxazole rings is 1. The number of benzene rings is 3. The van der Waals surface area contributed by atoms with Crippen LogP contribution >= 0.6 is 35.4 Å². The minimum atomic E-state index is -0.454. The Morgan fingerprint density at radius 2 is 1.87 bits per heavy atom. The summed E-state index contributed by atoms with van der Waals surface area (Å²) in [5.74, 6) is 0.0848. The van der Waals surface area contributed by atoms with E-state index in [1.165, 1.54) is 0 Å². The minimum Gasteiger partial charge on any atom is -0.436 e. The fourth-order valence-corrected chi connectivity index (χ4v) is 3.52. The van der Waals surface area contributed by atoms with Crippen LogP contribution in [0.1, 0.15) is 15.9 Å². The number of amides is 1. The van der Waals surface area contributed by atoms with Crippen LogP contribution in [0.4, 0.5) is 5.69 Å².